The minimum absolute atomic E-state index is 0.106. The second-order valence-electron chi connectivity index (χ2n) is 19.4. The molecule has 4 aliphatic rings. The maximum atomic E-state index is 14.0. The van der Waals surface area contributed by atoms with Crippen molar-refractivity contribution in [1.82, 2.24) is 30.3 Å². The first-order chi connectivity index (χ1) is 33.4. The van der Waals surface area contributed by atoms with Crippen molar-refractivity contribution in [2.45, 2.75) is 123 Å². The second kappa shape index (κ2) is 22.6. The van der Waals surface area contributed by atoms with Gasteiger partial charge >= 0.3 is 0 Å². The predicted octanol–water partition coefficient (Wildman–Crippen LogP) is 7.00. The van der Waals surface area contributed by atoms with Gasteiger partial charge in [-0.2, -0.15) is 0 Å². The lowest BCUT2D eigenvalue weighted by Gasteiger charge is -2.37. The number of fused-ring (bicyclic) bond motifs is 1. The molecule has 1 atom stereocenters. The van der Waals surface area contributed by atoms with Gasteiger partial charge in [0, 0.05) is 94.0 Å². The molecule has 14 heteroatoms. The van der Waals surface area contributed by atoms with Crippen LogP contribution in [-0.2, 0) is 33.8 Å². The molecule has 3 aromatic carbocycles. The summed E-state index contributed by atoms with van der Waals surface area (Å²) in [5.74, 6) is -2.05. The normalized spacial score (nSPS) is 18.1. The minimum atomic E-state index is -0.951. The van der Waals surface area contributed by atoms with Crippen molar-refractivity contribution in [3.05, 3.63) is 121 Å². The number of aromatic amines is 1. The van der Waals surface area contributed by atoms with Crippen molar-refractivity contribution < 1.29 is 28.7 Å². The van der Waals surface area contributed by atoms with Crippen LogP contribution in [0.5, 0.6) is 0 Å². The quantitative estimate of drug-likeness (QED) is 0.0659. The molecule has 0 bridgehead atoms. The fourth-order valence-corrected chi connectivity index (χ4v) is 10.8. The molecule has 8 rings (SSSR count). The number of piperidine rings is 1. The molecule has 4 aromatic rings. The number of pyridine rings is 1. The molecule has 4 aliphatic heterocycles. The van der Waals surface area contributed by atoms with Gasteiger partial charge < -0.3 is 24.8 Å². The van der Waals surface area contributed by atoms with Gasteiger partial charge in [0.1, 0.15) is 6.04 Å². The summed E-state index contributed by atoms with van der Waals surface area (Å²) in [6, 6.07) is 19.7. The SMILES string of the molecule is CCN(c1cc(-c2ccc(CN3CCN(CCCCCCCCc4cccc5c4C(=O)N(C4CCC(=O)NC4=O)C5=O)CC3)cc2)cc(C(=O)NCc2c(C)cc(C)[nH]c2=O)c1C)C1CCOCC1. The summed E-state index contributed by atoms with van der Waals surface area (Å²) >= 11 is 0. The summed E-state index contributed by atoms with van der Waals surface area (Å²) in [6.45, 7) is 16.5. The summed E-state index contributed by atoms with van der Waals surface area (Å²) in [6.07, 6.45) is 9.41. The molecule has 366 valence electrons. The summed E-state index contributed by atoms with van der Waals surface area (Å²) in [4.78, 5) is 89.0. The number of benzene rings is 3. The number of anilines is 1. The molecule has 0 radical (unpaired) electrons. The Balaban J connectivity index is 0.789. The molecule has 3 saturated heterocycles. The highest BCUT2D eigenvalue weighted by Crippen LogP contribution is 2.35. The standard InChI is InChI=1S/C55H69N7O7/c1-5-61(43-22-29-69-30-23-43)48-33-42(32-45(38(48)4)51(64)56-34-46-36(2)31-37(3)57-52(46)65)40-18-16-39(17-19-40)35-60-27-25-59(26-28-60)24-11-9-7-6-8-10-13-41-14-12-15-44-50(41)55(68)62(54(44)67)47-20-21-49(63)58-53(47)66/h12,14-19,31-33,43,47H,5-11,13,20-30,34-35H2,1-4H3,(H,56,64)(H,57,65)(H,58,63,66). The van der Waals surface area contributed by atoms with Gasteiger partial charge in [0.05, 0.1) is 11.1 Å². The summed E-state index contributed by atoms with van der Waals surface area (Å²) < 4.78 is 5.71. The Morgan fingerprint density at radius 3 is 2.22 bits per heavy atom. The van der Waals surface area contributed by atoms with Crippen molar-refractivity contribution in [3.8, 4) is 11.1 Å². The number of hydrogen-bond acceptors (Lipinski definition) is 10. The van der Waals surface area contributed by atoms with Crippen molar-refractivity contribution in [1.29, 1.82) is 0 Å². The zero-order chi connectivity index (χ0) is 48.6. The lowest BCUT2D eigenvalue weighted by Crippen LogP contribution is -2.54. The molecule has 3 fully saturated rings. The van der Waals surface area contributed by atoms with Crippen LogP contribution in [0.4, 0.5) is 5.69 Å². The van der Waals surface area contributed by atoms with E-state index in [0.717, 1.165) is 142 Å². The number of imide groups is 2. The first-order valence-electron chi connectivity index (χ1n) is 25.2. The number of carbonyl (C=O) groups excluding carboxylic acids is 5. The van der Waals surface area contributed by atoms with Gasteiger partial charge in [-0.3, -0.25) is 43.9 Å². The molecule has 0 spiro atoms. The van der Waals surface area contributed by atoms with E-state index >= 15 is 0 Å². The van der Waals surface area contributed by atoms with Crippen LogP contribution in [0.2, 0.25) is 0 Å². The van der Waals surface area contributed by atoms with Gasteiger partial charge in [0.25, 0.3) is 23.3 Å². The van der Waals surface area contributed by atoms with E-state index in [1.807, 2.05) is 45.0 Å². The molecule has 0 saturated carbocycles. The largest absolute Gasteiger partial charge is 0.381 e. The maximum Gasteiger partial charge on any atom is 0.262 e. The van der Waals surface area contributed by atoms with Crippen LogP contribution in [0.25, 0.3) is 11.1 Å². The topological polar surface area (TPSA) is 164 Å². The highest BCUT2D eigenvalue weighted by molar-refractivity contribution is 6.24. The number of aryl methyl sites for hydroxylation is 3. The van der Waals surface area contributed by atoms with Crippen LogP contribution < -0.4 is 21.1 Å². The van der Waals surface area contributed by atoms with Gasteiger partial charge in [0.15, 0.2) is 0 Å². The van der Waals surface area contributed by atoms with E-state index in [-0.39, 0.29) is 36.8 Å². The molecule has 3 N–H and O–H groups in total. The Kier molecular flexibility index (Phi) is 16.2. The van der Waals surface area contributed by atoms with E-state index in [1.165, 1.54) is 18.4 Å². The van der Waals surface area contributed by atoms with Gasteiger partial charge in [-0.25, -0.2) is 0 Å². The van der Waals surface area contributed by atoms with Crippen molar-refractivity contribution >= 4 is 35.2 Å². The predicted molar refractivity (Wildman–Crippen MR) is 267 cm³/mol. The Morgan fingerprint density at radius 1 is 0.797 bits per heavy atom. The molecule has 5 heterocycles. The number of nitrogens with one attached hydrogen (secondary N) is 3. The van der Waals surface area contributed by atoms with E-state index in [0.29, 0.717) is 34.7 Å². The zero-order valence-electron chi connectivity index (χ0n) is 40.9. The highest BCUT2D eigenvalue weighted by atomic mass is 16.5. The number of amides is 5. The summed E-state index contributed by atoms with van der Waals surface area (Å²) in [5, 5.41) is 5.33. The van der Waals surface area contributed by atoms with Crippen LogP contribution in [0, 0.1) is 20.8 Å². The molecular weight excluding hydrogens is 871 g/mol. The monoisotopic (exact) mass is 940 g/mol. The third-order valence-electron chi connectivity index (χ3n) is 14.7. The fraction of sp³-hybridized carbons (Fsp3) is 0.491. The Bertz CT molecular complexity index is 2590. The van der Waals surface area contributed by atoms with Crippen LogP contribution >= 0.6 is 0 Å². The second-order valence-corrected chi connectivity index (χ2v) is 19.4. The van der Waals surface area contributed by atoms with E-state index in [4.69, 9.17) is 4.74 Å². The third-order valence-corrected chi connectivity index (χ3v) is 14.7. The number of piperazine rings is 1. The molecule has 1 aromatic heterocycles. The number of aromatic nitrogens is 1. The van der Waals surface area contributed by atoms with Gasteiger partial charge in [-0.15, -0.1) is 0 Å². The first-order valence-corrected chi connectivity index (χ1v) is 25.2. The Labute approximate surface area is 406 Å². The van der Waals surface area contributed by atoms with Crippen molar-refractivity contribution in [3.63, 3.8) is 0 Å². The molecule has 69 heavy (non-hydrogen) atoms. The van der Waals surface area contributed by atoms with Crippen LogP contribution in [0.15, 0.2) is 65.5 Å². The fourth-order valence-electron chi connectivity index (χ4n) is 10.8. The van der Waals surface area contributed by atoms with Gasteiger partial charge in [-0.1, -0.05) is 62.1 Å². The molecule has 1 unspecified atom stereocenters. The van der Waals surface area contributed by atoms with Crippen molar-refractivity contribution in [2.24, 2.45) is 0 Å². The minimum Gasteiger partial charge on any atom is -0.381 e. The lowest BCUT2D eigenvalue weighted by atomic mass is 9.94. The van der Waals surface area contributed by atoms with Crippen molar-refractivity contribution in [2.75, 3.05) is 57.4 Å². The number of hydrogen-bond donors (Lipinski definition) is 3. The number of rotatable bonds is 19. The van der Waals surface area contributed by atoms with Crippen LogP contribution in [0.1, 0.15) is 136 Å². The number of H-pyrrole nitrogens is 1. The van der Waals surface area contributed by atoms with Crippen LogP contribution in [0.3, 0.4) is 0 Å². The smallest absolute Gasteiger partial charge is 0.262 e. The van der Waals surface area contributed by atoms with E-state index < -0.39 is 23.8 Å². The molecule has 5 amide bonds. The Morgan fingerprint density at radius 2 is 1.51 bits per heavy atom. The third kappa shape index (κ3) is 11.6. The molecular formula is C55H69N7O7. The van der Waals surface area contributed by atoms with Gasteiger partial charge in [0.2, 0.25) is 11.8 Å². The van der Waals surface area contributed by atoms with E-state index in [9.17, 15) is 28.8 Å². The number of nitrogens with zero attached hydrogens (tertiary/aromatic N) is 4. The average molecular weight is 940 g/mol. The zero-order valence-corrected chi connectivity index (χ0v) is 40.9. The molecule has 0 aliphatic carbocycles. The summed E-state index contributed by atoms with van der Waals surface area (Å²) in [5.41, 5.74) is 9.56. The van der Waals surface area contributed by atoms with Gasteiger partial charge in [-0.05, 0) is 130 Å². The number of unbranched alkanes of at least 4 members (excludes halogenated alkanes) is 5. The maximum absolute atomic E-state index is 14.0. The summed E-state index contributed by atoms with van der Waals surface area (Å²) in [7, 11) is 0. The van der Waals surface area contributed by atoms with E-state index in [2.05, 4.69) is 67.6 Å². The Hall–Kier alpha value is -5.96. The average Bonchev–Trinajstić information content (AvgIpc) is 3.59. The first kappa shape index (κ1) is 49.5. The molecule has 14 nitrogen and oxygen atoms in total. The van der Waals surface area contributed by atoms with Crippen LogP contribution in [-0.4, -0.2) is 114 Å². The number of ether oxygens (including phenoxy) is 1. The highest BCUT2D eigenvalue weighted by Gasteiger charge is 2.45. The number of carbonyl (C=O) groups is 5. The van der Waals surface area contributed by atoms with E-state index in [1.54, 1.807) is 6.07 Å². The lowest BCUT2D eigenvalue weighted by molar-refractivity contribution is -0.136.